The van der Waals surface area contributed by atoms with Crippen LogP contribution >= 0.6 is 0 Å². The van der Waals surface area contributed by atoms with E-state index in [2.05, 4.69) is 15.4 Å². The first-order chi connectivity index (χ1) is 9.36. The highest BCUT2D eigenvalue weighted by molar-refractivity contribution is 5.97. The van der Waals surface area contributed by atoms with Crippen LogP contribution in [0.3, 0.4) is 0 Å². The lowest BCUT2D eigenvalue weighted by Crippen LogP contribution is -2.52. The molecule has 1 aromatic rings. The number of hydrogen-bond donors (Lipinski definition) is 2. The van der Waals surface area contributed by atoms with Gasteiger partial charge in [0, 0.05) is 5.56 Å². The largest absolute Gasteiger partial charge is 0.467 e. The third-order valence-corrected chi connectivity index (χ3v) is 2.59. The Labute approximate surface area is 117 Å². The van der Waals surface area contributed by atoms with E-state index < -0.39 is 17.4 Å². The molecule has 0 heterocycles. The van der Waals surface area contributed by atoms with Crippen molar-refractivity contribution < 1.29 is 19.1 Å². The molecule has 1 aromatic carbocycles. The second-order valence-corrected chi connectivity index (χ2v) is 4.71. The molecule has 0 saturated carbocycles. The Kier molecular flexibility index (Phi) is 5.25. The maximum absolute atomic E-state index is 11.7. The van der Waals surface area contributed by atoms with Crippen LogP contribution in [0.5, 0.6) is 0 Å². The van der Waals surface area contributed by atoms with Gasteiger partial charge in [0.15, 0.2) is 0 Å². The van der Waals surface area contributed by atoms with Crippen LogP contribution in [0, 0.1) is 0 Å². The van der Waals surface area contributed by atoms with Gasteiger partial charge in [-0.15, -0.1) is 0 Å². The number of ether oxygens (including phenoxy) is 1. The third-order valence-electron chi connectivity index (χ3n) is 2.59. The molecule has 20 heavy (non-hydrogen) atoms. The molecule has 2 amide bonds. The van der Waals surface area contributed by atoms with Gasteiger partial charge in [0.25, 0.3) is 5.91 Å². The minimum atomic E-state index is -1.14. The summed E-state index contributed by atoms with van der Waals surface area (Å²) in [5, 5.41) is 4.96. The number of carbonyl (C=O) groups excluding carboxylic acids is 3. The van der Waals surface area contributed by atoms with Crippen LogP contribution < -0.4 is 10.6 Å². The lowest BCUT2D eigenvalue weighted by molar-refractivity contribution is -0.149. The van der Waals surface area contributed by atoms with Crippen molar-refractivity contribution >= 4 is 17.8 Å². The molecule has 0 aliphatic heterocycles. The van der Waals surface area contributed by atoms with E-state index in [1.54, 1.807) is 30.3 Å². The Hall–Kier alpha value is -2.37. The predicted molar refractivity (Wildman–Crippen MR) is 73.0 cm³/mol. The Morgan fingerprint density at radius 2 is 1.75 bits per heavy atom. The second kappa shape index (κ2) is 6.70. The summed E-state index contributed by atoms with van der Waals surface area (Å²) in [6, 6.07) is 8.55. The van der Waals surface area contributed by atoms with Crippen molar-refractivity contribution in [2.45, 2.75) is 19.4 Å². The van der Waals surface area contributed by atoms with Crippen molar-refractivity contribution in [2.75, 3.05) is 13.7 Å². The van der Waals surface area contributed by atoms with Crippen molar-refractivity contribution in [3.63, 3.8) is 0 Å². The molecular weight excluding hydrogens is 260 g/mol. The highest BCUT2D eigenvalue weighted by Gasteiger charge is 2.30. The molecule has 0 spiro atoms. The van der Waals surface area contributed by atoms with Crippen molar-refractivity contribution in [2.24, 2.45) is 0 Å². The van der Waals surface area contributed by atoms with E-state index in [4.69, 9.17) is 0 Å². The summed E-state index contributed by atoms with van der Waals surface area (Å²) in [6.45, 7) is 2.83. The average Bonchev–Trinajstić information content (AvgIpc) is 2.44. The quantitative estimate of drug-likeness (QED) is 0.767. The zero-order chi connectivity index (χ0) is 15.2. The van der Waals surface area contributed by atoms with Crippen LogP contribution in [0.15, 0.2) is 30.3 Å². The molecule has 0 radical (unpaired) electrons. The predicted octanol–water partition coefficient (Wildman–Crippen LogP) is 0.484. The van der Waals surface area contributed by atoms with E-state index in [0.717, 1.165) is 0 Å². The average molecular weight is 278 g/mol. The van der Waals surface area contributed by atoms with Gasteiger partial charge in [0.05, 0.1) is 13.7 Å². The molecule has 6 nitrogen and oxygen atoms in total. The fourth-order valence-corrected chi connectivity index (χ4v) is 1.55. The Morgan fingerprint density at radius 3 is 2.30 bits per heavy atom. The fourth-order valence-electron chi connectivity index (χ4n) is 1.55. The Balaban J connectivity index is 2.48. The van der Waals surface area contributed by atoms with Gasteiger partial charge in [-0.1, -0.05) is 18.2 Å². The van der Waals surface area contributed by atoms with Crippen LogP contribution in [-0.2, 0) is 14.3 Å². The number of carbonyl (C=O) groups is 3. The standard InChI is InChI=1S/C14H18N2O4/c1-14(2,13(19)20-3)16-11(17)9-15-12(18)10-7-5-4-6-8-10/h4-8H,9H2,1-3H3,(H,15,18)(H,16,17). The Bertz CT molecular complexity index is 497. The molecule has 0 bridgehead atoms. The molecule has 0 saturated heterocycles. The van der Waals surface area contributed by atoms with Crippen LogP contribution in [0.4, 0.5) is 0 Å². The van der Waals surface area contributed by atoms with Crippen LogP contribution in [0.1, 0.15) is 24.2 Å². The molecule has 0 aromatic heterocycles. The fraction of sp³-hybridized carbons (Fsp3) is 0.357. The van der Waals surface area contributed by atoms with Crippen LogP contribution in [0.25, 0.3) is 0 Å². The summed E-state index contributed by atoms with van der Waals surface area (Å²) in [7, 11) is 1.24. The first-order valence-electron chi connectivity index (χ1n) is 6.09. The lowest BCUT2D eigenvalue weighted by Gasteiger charge is -2.23. The van der Waals surface area contributed by atoms with Crippen molar-refractivity contribution in [3.8, 4) is 0 Å². The lowest BCUT2D eigenvalue weighted by atomic mass is 10.1. The topological polar surface area (TPSA) is 84.5 Å². The van der Waals surface area contributed by atoms with Crippen molar-refractivity contribution in [1.82, 2.24) is 10.6 Å². The van der Waals surface area contributed by atoms with E-state index in [1.165, 1.54) is 21.0 Å². The summed E-state index contributed by atoms with van der Waals surface area (Å²) < 4.78 is 4.57. The maximum Gasteiger partial charge on any atom is 0.330 e. The summed E-state index contributed by atoms with van der Waals surface area (Å²) in [6.07, 6.45) is 0. The van der Waals surface area contributed by atoms with Crippen LogP contribution in [-0.4, -0.2) is 37.0 Å². The van der Waals surface area contributed by atoms with E-state index >= 15 is 0 Å². The SMILES string of the molecule is COC(=O)C(C)(C)NC(=O)CNC(=O)c1ccccc1. The van der Waals surface area contributed by atoms with Gasteiger partial charge in [-0.2, -0.15) is 0 Å². The monoisotopic (exact) mass is 278 g/mol. The molecular formula is C14H18N2O4. The third kappa shape index (κ3) is 4.38. The first kappa shape index (κ1) is 15.7. The number of hydrogen-bond acceptors (Lipinski definition) is 4. The number of nitrogens with one attached hydrogen (secondary N) is 2. The van der Waals surface area contributed by atoms with Gasteiger partial charge in [0.1, 0.15) is 5.54 Å². The molecule has 2 N–H and O–H groups in total. The number of rotatable bonds is 5. The van der Waals surface area contributed by atoms with Gasteiger partial charge in [-0.25, -0.2) is 4.79 Å². The molecule has 0 atom stereocenters. The van der Waals surface area contributed by atoms with Gasteiger partial charge in [-0.05, 0) is 26.0 Å². The second-order valence-electron chi connectivity index (χ2n) is 4.71. The molecule has 0 aliphatic carbocycles. The highest BCUT2D eigenvalue weighted by Crippen LogP contribution is 2.04. The minimum Gasteiger partial charge on any atom is -0.467 e. The summed E-state index contributed by atoms with van der Waals surface area (Å²) in [5.74, 6) is -1.37. The maximum atomic E-state index is 11.7. The smallest absolute Gasteiger partial charge is 0.330 e. The summed E-state index contributed by atoms with van der Waals surface area (Å²) >= 11 is 0. The number of amides is 2. The summed E-state index contributed by atoms with van der Waals surface area (Å²) in [5.41, 5.74) is -0.670. The highest BCUT2D eigenvalue weighted by atomic mass is 16.5. The minimum absolute atomic E-state index is 0.214. The van der Waals surface area contributed by atoms with Gasteiger partial charge >= 0.3 is 5.97 Å². The molecule has 108 valence electrons. The zero-order valence-electron chi connectivity index (χ0n) is 11.7. The van der Waals surface area contributed by atoms with E-state index in [9.17, 15) is 14.4 Å². The van der Waals surface area contributed by atoms with Crippen LogP contribution in [0.2, 0.25) is 0 Å². The van der Waals surface area contributed by atoms with E-state index in [0.29, 0.717) is 5.56 Å². The normalized spacial score (nSPS) is 10.6. The zero-order valence-corrected chi connectivity index (χ0v) is 11.7. The van der Waals surface area contributed by atoms with Gasteiger partial charge in [0.2, 0.25) is 5.91 Å². The molecule has 1 rings (SSSR count). The molecule has 0 aliphatic rings. The van der Waals surface area contributed by atoms with Gasteiger partial charge in [-0.3, -0.25) is 9.59 Å². The first-order valence-corrected chi connectivity index (χ1v) is 6.09. The van der Waals surface area contributed by atoms with Crippen molar-refractivity contribution in [1.29, 1.82) is 0 Å². The molecule has 0 unspecified atom stereocenters. The van der Waals surface area contributed by atoms with E-state index in [1.807, 2.05) is 0 Å². The van der Waals surface area contributed by atoms with Crippen molar-refractivity contribution in [3.05, 3.63) is 35.9 Å². The number of methoxy groups -OCH3 is 1. The molecule has 6 heteroatoms. The van der Waals surface area contributed by atoms with E-state index in [-0.39, 0.29) is 12.5 Å². The summed E-state index contributed by atoms with van der Waals surface area (Å²) in [4.78, 5) is 34.8. The van der Waals surface area contributed by atoms with Gasteiger partial charge < -0.3 is 15.4 Å². The number of benzene rings is 1. The molecule has 0 fully saturated rings. The number of esters is 1. The Morgan fingerprint density at radius 1 is 1.15 bits per heavy atom.